The van der Waals surface area contributed by atoms with Crippen molar-refractivity contribution in [1.29, 1.82) is 0 Å². The summed E-state index contributed by atoms with van der Waals surface area (Å²) < 4.78 is 15.7. The summed E-state index contributed by atoms with van der Waals surface area (Å²) in [5, 5.41) is 0. The number of rotatable bonds is 9. The van der Waals surface area contributed by atoms with E-state index in [0.29, 0.717) is 19.8 Å². The van der Waals surface area contributed by atoms with Crippen LogP contribution < -0.4 is 0 Å². The van der Waals surface area contributed by atoms with E-state index in [2.05, 4.69) is 13.1 Å². The number of carbonyl (C=O) groups excluding carboxylic acids is 1. The highest BCUT2D eigenvalue weighted by Gasteiger charge is 2.21. The van der Waals surface area contributed by atoms with Gasteiger partial charge < -0.3 is 13.9 Å². The second-order valence-electron chi connectivity index (χ2n) is 4.37. The van der Waals surface area contributed by atoms with Crippen molar-refractivity contribution in [3.05, 3.63) is 12.2 Å². The first-order valence-electron chi connectivity index (χ1n) is 5.94. The van der Waals surface area contributed by atoms with E-state index in [1.165, 1.54) is 6.08 Å². The fourth-order valence-electron chi connectivity index (χ4n) is 1.33. The predicted octanol–water partition coefficient (Wildman–Crippen LogP) is 2.36. The summed E-state index contributed by atoms with van der Waals surface area (Å²) >= 11 is 0. The Kier molecular flexibility index (Phi) is 9.02. The van der Waals surface area contributed by atoms with Crippen molar-refractivity contribution in [3.63, 3.8) is 0 Å². The van der Waals surface area contributed by atoms with Gasteiger partial charge in [-0.05, 0) is 32.5 Å². The minimum Gasteiger partial charge on any atom is -0.463 e. The average molecular weight is 260 g/mol. The number of carbonyl (C=O) groups is 1. The molecule has 0 bridgehead atoms. The van der Waals surface area contributed by atoms with E-state index in [4.69, 9.17) is 13.9 Å². The largest absolute Gasteiger partial charge is 0.463 e. The lowest BCUT2D eigenvalue weighted by molar-refractivity contribution is -0.137. The zero-order valence-electron chi connectivity index (χ0n) is 11.3. The van der Waals surface area contributed by atoms with Gasteiger partial charge in [0.25, 0.3) is 0 Å². The van der Waals surface area contributed by atoms with Gasteiger partial charge in [-0.25, -0.2) is 4.79 Å². The number of hydrogen-bond donors (Lipinski definition) is 0. The molecule has 0 aliphatic rings. The Morgan fingerprint density at radius 1 is 1.24 bits per heavy atom. The fraction of sp³-hybridized carbons (Fsp3) is 0.750. The number of allylic oxidation sites excluding steroid dienone is 1. The summed E-state index contributed by atoms with van der Waals surface area (Å²) in [6.07, 6.45) is 3.96. The molecule has 0 aromatic carbocycles. The van der Waals surface area contributed by atoms with Crippen LogP contribution in [0.15, 0.2) is 12.2 Å². The van der Waals surface area contributed by atoms with Crippen LogP contribution in [0.4, 0.5) is 0 Å². The molecule has 0 N–H and O–H groups in total. The summed E-state index contributed by atoms with van der Waals surface area (Å²) in [4.78, 5) is 11.0. The van der Waals surface area contributed by atoms with E-state index >= 15 is 0 Å². The zero-order chi connectivity index (χ0) is 13.1. The minimum absolute atomic E-state index is 0.271. The Bertz CT molecular complexity index is 239. The van der Waals surface area contributed by atoms with E-state index in [0.717, 1.165) is 12.5 Å². The molecule has 0 aromatic rings. The molecule has 0 saturated heterocycles. The van der Waals surface area contributed by atoms with Crippen molar-refractivity contribution in [2.75, 3.05) is 26.9 Å². The fourth-order valence-corrected chi connectivity index (χ4v) is 3.10. The molecule has 0 heterocycles. The van der Waals surface area contributed by atoms with E-state index in [1.807, 2.05) is 0 Å². The van der Waals surface area contributed by atoms with Crippen molar-refractivity contribution < 1.29 is 18.7 Å². The molecule has 0 aromatic heterocycles. The number of hydrogen-bond acceptors (Lipinski definition) is 4. The summed E-state index contributed by atoms with van der Waals surface area (Å²) in [6, 6.07) is 0.986. The molecular formula is C12H24O4Si. The van der Waals surface area contributed by atoms with Crippen molar-refractivity contribution in [2.24, 2.45) is 0 Å². The van der Waals surface area contributed by atoms with E-state index in [9.17, 15) is 4.79 Å². The number of ether oxygens (including phenoxy) is 2. The molecule has 0 unspecified atom stereocenters. The molecule has 0 spiro atoms. The van der Waals surface area contributed by atoms with Crippen LogP contribution in [0, 0.1) is 0 Å². The van der Waals surface area contributed by atoms with E-state index in [-0.39, 0.29) is 5.97 Å². The Hall–Kier alpha value is -0.653. The molecule has 0 amide bonds. The lowest BCUT2D eigenvalue weighted by Crippen LogP contribution is -2.32. The predicted molar refractivity (Wildman–Crippen MR) is 70.5 cm³/mol. The van der Waals surface area contributed by atoms with E-state index < -0.39 is 8.32 Å². The van der Waals surface area contributed by atoms with Gasteiger partial charge in [-0.1, -0.05) is 6.08 Å². The highest BCUT2D eigenvalue weighted by molar-refractivity contribution is 6.71. The van der Waals surface area contributed by atoms with Crippen LogP contribution in [0.2, 0.25) is 19.1 Å². The van der Waals surface area contributed by atoms with Gasteiger partial charge in [0.1, 0.15) is 0 Å². The highest BCUT2D eigenvalue weighted by Crippen LogP contribution is 2.13. The average Bonchev–Trinajstić information content (AvgIpc) is 2.25. The smallest absolute Gasteiger partial charge is 0.330 e. The van der Waals surface area contributed by atoms with Gasteiger partial charge >= 0.3 is 5.97 Å². The van der Waals surface area contributed by atoms with Crippen molar-refractivity contribution in [1.82, 2.24) is 0 Å². The van der Waals surface area contributed by atoms with Crippen LogP contribution >= 0.6 is 0 Å². The van der Waals surface area contributed by atoms with Gasteiger partial charge in [0.2, 0.25) is 0 Å². The van der Waals surface area contributed by atoms with Crippen LogP contribution in [0.1, 0.15) is 13.3 Å². The normalized spacial score (nSPS) is 12.0. The summed E-state index contributed by atoms with van der Waals surface area (Å²) in [6.45, 7) is 7.86. The van der Waals surface area contributed by atoms with Crippen molar-refractivity contribution in [3.8, 4) is 0 Å². The maximum absolute atomic E-state index is 11.0. The van der Waals surface area contributed by atoms with Crippen LogP contribution in [0.3, 0.4) is 0 Å². The maximum Gasteiger partial charge on any atom is 0.330 e. The summed E-state index contributed by atoms with van der Waals surface area (Å²) in [5.41, 5.74) is 0. The molecule has 0 aliphatic carbocycles. The first-order valence-corrected chi connectivity index (χ1v) is 9.05. The van der Waals surface area contributed by atoms with Crippen molar-refractivity contribution in [2.45, 2.75) is 32.5 Å². The zero-order valence-corrected chi connectivity index (χ0v) is 12.3. The molecule has 0 fully saturated rings. The Balaban J connectivity index is 3.61. The Labute approximate surface area is 105 Å². The highest BCUT2D eigenvalue weighted by atomic mass is 28.4. The van der Waals surface area contributed by atoms with Crippen molar-refractivity contribution >= 4 is 14.3 Å². The van der Waals surface area contributed by atoms with Gasteiger partial charge in [-0.2, -0.15) is 0 Å². The molecule has 0 rings (SSSR count). The van der Waals surface area contributed by atoms with Gasteiger partial charge in [0.15, 0.2) is 8.32 Å². The topological polar surface area (TPSA) is 44.8 Å². The van der Waals surface area contributed by atoms with Gasteiger partial charge in [-0.15, -0.1) is 0 Å². The third-order valence-corrected chi connectivity index (χ3v) is 4.79. The second kappa shape index (κ2) is 9.38. The molecule has 0 saturated carbocycles. The first kappa shape index (κ1) is 16.3. The van der Waals surface area contributed by atoms with Gasteiger partial charge in [-0.3, -0.25) is 0 Å². The SMILES string of the molecule is CC=CC(=O)OCCC[Si](C)(C)OCCOC. The number of esters is 1. The van der Waals surface area contributed by atoms with Gasteiger partial charge in [0, 0.05) is 13.2 Å². The molecule has 0 radical (unpaired) electrons. The van der Waals surface area contributed by atoms with Crippen LogP contribution in [0.25, 0.3) is 0 Å². The van der Waals surface area contributed by atoms with E-state index in [1.54, 1.807) is 20.1 Å². The third-order valence-electron chi connectivity index (χ3n) is 2.25. The quantitative estimate of drug-likeness (QED) is 0.276. The first-order chi connectivity index (χ1) is 8.02. The lowest BCUT2D eigenvalue weighted by atomic mass is 10.5. The molecule has 4 nitrogen and oxygen atoms in total. The Morgan fingerprint density at radius 2 is 1.94 bits per heavy atom. The molecular weight excluding hydrogens is 236 g/mol. The van der Waals surface area contributed by atoms with Crippen LogP contribution in [-0.4, -0.2) is 41.2 Å². The summed E-state index contributed by atoms with van der Waals surface area (Å²) in [5.74, 6) is -0.271. The Morgan fingerprint density at radius 3 is 2.53 bits per heavy atom. The lowest BCUT2D eigenvalue weighted by Gasteiger charge is -2.22. The van der Waals surface area contributed by atoms with Gasteiger partial charge in [0.05, 0.1) is 19.8 Å². The molecule has 17 heavy (non-hydrogen) atoms. The molecule has 0 atom stereocenters. The minimum atomic E-state index is -1.62. The second-order valence-corrected chi connectivity index (χ2v) is 8.68. The number of methoxy groups -OCH3 is 1. The standard InChI is InChI=1S/C12H24O4Si/c1-5-7-12(13)15-8-6-11-17(3,4)16-10-9-14-2/h5,7H,6,8-11H2,1-4H3. The van der Waals surface area contributed by atoms with Crippen LogP contribution in [0.5, 0.6) is 0 Å². The third kappa shape index (κ3) is 10.2. The van der Waals surface area contributed by atoms with Crippen LogP contribution in [-0.2, 0) is 18.7 Å². The molecule has 100 valence electrons. The molecule has 0 aliphatic heterocycles. The monoisotopic (exact) mass is 260 g/mol. The summed E-state index contributed by atoms with van der Waals surface area (Å²) in [7, 11) is 0.0449. The molecule has 5 heteroatoms. The maximum atomic E-state index is 11.0.